The number of aryl methyl sites for hydroxylation is 1. The Morgan fingerprint density at radius 3 is 2.61 bits per heavy atom. The van der Waals surface area contributed by atoms with Crippen molar-refractivity contribution in [2.45, 2.75) is 56.6 Å². The van der Waals surface area contributed by atoms with Crippen LogP contribution in [0, 0.1) is 6.92 Å². The first-order valence-electron chi connectivity index (χ1n) is 6.25. The molecule has 1 aliphatic rings. The topological polar surface area (TPSA) is 66.4 Å². The molecule has 0 saturated heterocycles. The maximum atomic E-state index is 12.3. The van der Waals surface area contributed by atoms with Crippen molar-refractivity contribution in [2.24, 2.45) is 0 Å². The summed E-state index contributed by atoms with van der Waals surface area (Å²) in [5.74, 6) is 0. The molecule has 1 aromatic rings. The monoisotopic (exact) mass is 289 g/mol. The van der Waals surface area contributed by atoms with E-state index in [0.29, 0.717) is 9.77 Å². The minimum Gasteiger partial charge on any atom is -0.391 e. The van der Waals surface area contributed by atoms with Gasteiger partial charge in [-0.05, 0) is 25.8 Å². The van der Waals surface area contributed by atoms with Crippen molar-refractivity contribution in [3.05, 3.63) is 15.8 Å². The highest BCUT2D eigenvalue weighted by Gasteiger charge is 2.24. The highest BCUT2D eigenvalue weighted by molar-refractivity contribution is 7.89. The molecule has 0 atom stereocenters. The van der Waals surface area contributed by atoms with E-state index in [1.54, 1.807) is 13.0 Å². The molecule has 18 heavy (non-hydrogen) atoms. The third kappa shape index (κ3) is 3.12. The molecule has 0 aromatic carbocycles. The number of aliphatic hydroxyl groups excluding tert-OH is 1. The Kier molecular flexibility index (Phi) is 4.42. The summed E-state index contributed by atoms with van der Waals surface area (Å²) in [7, 11) is -3.43. The van der Waals surface area contributed by atoms with Gasteiger partial charge in [0.05, 0.1) is 11.5 Å². The Bertz CT molecular complexity index is 501. The summed E-state index contributed by atoms with van der Waals surface area (Å²) in [6, 6.07) is 1.64. The van der Waals surface area contributed by atoms with E-state index in [9.17, 15) is 8.42 Å². The number of nitrogens with one attached hydrogen (secondary N) is 1. The molecule has 0 radical (unpaired) electrons. The van der Waals surface area contributed by atoms with Gasteiger partial charge in [0, 0.05) is 15.8 Å². The fourth-order valence-corrected chi connectivity index (χ4v) is 5.17. The van der Waals surface area contributed by atoms with Crippen LogP contribution in [-0.2, 0) is 16.6 Å². The Balaban J connectivity index is 2.16. The van der Waals surface area contributed by atoms with Gasteiger partial charge in [-0.15, -0.1) is 11.3 Å². The van der Waals surface area contributed by atoms with Gasteiger partial charge in [0.25, 0.3) is 0 Å². The summed E-state index contributed by atoms with van der Waals surface area (Å²) in [4.78, 5) is 1.75. The van der Waals surface area contributed by atoms with E-state index in [1.165, 1.54) is 17.8 Å². The molecular weight excluding hydrogens is 270 g/mol. The van der Waals surface area contributed by atoms with E-state index in [4.69, 9.17) is 5.11 Å². The van der Waals surface area contributed by atoms with E-state index in [0.717, 1.165) is 30.6 Å². The van der Waals surface area contributed by atoms with Crippen LogP contribution < -0.4 is 4.72 Å². The zero-order chi connectivity index (χ0) is 13.2. The number of sulfonamides is 1. The lowest BCUT2D eigenvalue weighted by Gasteiger charge is -2.22. The second-order valence-electron chi connectivity index (χ2n) is 4.75. The molecule has 0 aliphatic heterocycles. The van der Waals surface area contributed by atoms with Crippen LogP contribution in [0.4, 0.5) is 0 Å². The summed E-state index contributed by atoms with van der Waals surface area (Å²) in [6.07, 6.45) is 5.24. The van der Waals surface area contributed by atoms with Crippen LogP contribution in [0.1, 0.15) is 41.9 Å². The largest absolute Gasteiger partial charge is 0.391 e. The summed E-state index contributed by atoms with van der Waals surface area (Å²) in [5, 5.41) is 9.06. The first kappa shape index (κ1) is 14.0. The van der Waals surface area contributed by atoms with Crippen molar-refractivity contribution in [1.29, 1.82) is 0 Å². The van der Waals surface area contributed by atoms with Crippen LogP contribution in [0.2, 0.25) is 0 Å². The van der Waals surface area contributed by atoms with E-state index in [2.05, 4.69) is 4.72 Å². The number of hydrogen-bond acceptors (Lipinski definition) is 4. The summed E-state index contributed by atoms with van der Waals surface area (Å²) >= 11 is 1.33. The molecule has 102 valence electrons. The van der Waals surface area contributed by atoms with E-state index in [-0.39, 0.29) is 12.6 Å². The quantitative estimate of drug-likeness (QED) is 0.892. The minimum absolute atomic E-state index is 0.0700. The van der Waals surface area contributed by atoms with Crippen LogP contribution in [0.15, 0.2) is 11.0 Å². The zero-order valence-corrected chi connectivity index (χ0v) is 12.1. The molecule has 2 N–H and O–H groups in total. The number of aliphatic hydroxyl groups is 1. The van der Waals surface area contributed by atoms with Crippen molar-refractivity contribution < 1.29 is 13.5 Å². The predicted molar refractivity (Wildman–Crippen MR) is 72.2 cm³/mol. The molecule has 0 unspecified atom stereocenters. The first-order chi connectivity index (χ1) is 8.53. The minimum atomic E-state index is -3.43. The van der Waals surface area contributed by atoms with Gasteiger partial charge in [-0.25, -0.2) is 13.1 Å². The Morgan fingerprint density at radius 1 is 1.39 bits per heavy atom. The maximum Gasteiger partial charge on any atom is 0.241 e. The van der Waals surface area contributed by atoms with Gasteiger partial charge in [-0.2, -0.15) is 0 Å². The lowest BCUT2D eigenvalue weighted by molar-refractivity contribution is 0.285. The van der Waals surface area contributed by atoms with Gasteiger partial charge in [0.1, 0.15) is 0 Å². The van der Waals surface area contributed by atoms with Crippen LogP contribution in [0.25, 0.3) is 0 Å². The van der Waals surface area contributed by atoms with Gasteiger partial charge in [0.15, 0.2) is 0 Å². The second-order valence-corrected chi connectivity index (χ2v) is 7.77. The van der Waals surface area contributed by atoms with Crippen molar-refractivity contribution in [3.63, 3.8) is 0 Å². The molecule has 1 aromatic heterocycles. The van der Waals surface area contributed by atoms with Gasteiger partial charge in [-0.3, -0.25) is 0 Å². The van der Waals surface area contributed by atoms with E-state index < -0.39 is 10.0 Å². The number of thiophene rings is 1. The molecule has 4 nitrogen and oxygen atoms in total. The average Bonchev–Trinajstić information content (AvgIpc) is 2.72. The summed E-state index contributed by atoms with van der Waals surface area (Å²) in [5.41, 5.74) is 0. The molecule has 0 spiro atoms. The van der Waals surface area contributed by atoms with Gasteiger partial charge < -0.3 is 5.11 Å². The fourth-order valence-electron chi connectivity index (χ4n) is 2.37. The molecule has 1 fully saturated rings. The maximum absolute atomic E-state index is 12.3. The van der Waals surface area contributed by atoms with Crippen LogP contribution in [0.3, 0.4) is 0 Å². The molecule has 1 aliphatic carbocycles. The Hall–Kier alpha value is -0.430. The normalized spacial score (nSPS) is 18.1. The molecule has 0 bridgehead atoms. The molecule has 1 saturated carbocycles. The lowest BCUT2D eigenvalue weighted by atomic mass is 9.96. The van der Waals surface area contributed by atoms with Crippen molar-refractivity contribution in [1.82, 2.24) is 4.72 Å². The van der Waals surface area contributed by atoms with Gasteiger partial charge >= 0.3 is 0 Å². The Morgan fingerprint density at radius 2 is 2.06 bits per heavy atom. The van der Waals surface area contributed by atoms with E-state index >= 15 is 0 Å². The van der Waals surface area contributed by atoms with Crippen LogP contribution in [-0.4, -0.2) is 19.6 Å². The van der Waals surface area contributed by atoms with Crippen molar-refractivity contribution >= 4 is 21.4 Å². The van der Waals surface area contributed by atoms with Gasteiger partial charge in [-0.1, -0.05) is 19.3 Å². The van der Waals surface area contributed by atoms with Crippen molar-refractivity contribution in [2.75, 3.05) is 0 Å². The Labute approximate surface area is 112 Å². The SMILES string of the molecule is Cc1sc(CO)cc1S(=O)(=O)NC1CCCCC1. The average molecular weight is 289 g/mol. The summed E-state index contributed by atoms with van der Waals surface area (Å²) in [6.45, 7) is 1.67. The molecule has 6 heteroatoms. The highest BCUT2D eigenvalue weighted by atomic mass is 32.2. The summed E-state index contributed by atoms with van der Waals surface area (Å²) < 4.78 is 27.3. The standard InChI is InChI=1S/C12H19NO3S2/c1-9-12(7-11(8-14)17-9)18(15,16)13-10-5-3-2-4-6-10/h7,10,13-14H,2-6,8H2,1H3. The van der Waals surface area contributed by atoms with Gasteiger partial charge in [0.2, 0.25) is 10.0 Å². The molecule has 1 heterocycles. The smallest absolute Gasteiger partial charge is 0.241 e. The first-order valence-corrected chi connectivity index (χ1v) is 8.55. The zero-order valence-electron chi connectivity index (χ0n) is 10.5. The second kappa shape index (κ2) is 5.69. The molecule has 0 amide bonds. The highest BCUT2D eigenvalue weighted by Crippen LogP contribution is 2.27. The lowest BCUT2D eigenvalue weighted by Crippen LogP contribution is -2.36. The van der Waals surface area contributed by atoms with Crippen molar-refractivity contribution in [3.8, 4) is 0 Å². The van der Waals surface area contributed by atoms with Crippen LogP contribution in [0.5, 0.6) is 0 Å². The van der Waals surface area contributed by atoms with E-state index in [1.807, 2.05) is 0 Å². The third-order valence-electron chi connectivity index (χ3n) is 3.30. The molecule has 2 rings (SSSR count). The van der Waals surface area contributed by atoms with Crippen LogP contribution >= 0.6 is 11.3 Å². The number of rotatable bonds is 4. The third-order valence-corrected chi connectivity index (χ3v) is 6.11. The fraction of sp³-hybridized carbons (Fsp3) is 0.667. The predicted octanol–water partition coefficient (Wildman–Crippen LogP) is 2.16. The molecular formula is C12H19NO3S2. The number of hydrogen-bond donors (Lipinski definition) is 2.